The molecule has 10 heteroatoms. The minimum Gasteiger partial charge on any atom is -0.362 e. The van der Waals surface area contributed by atoms with E-state index < -0.39 is 29.2 Å². The first-order valence-corrected chi connectivity index (χ1v) is 7.44. The minimum absolute atomic E-state index is 0.0805. The Morgan fingerprint density at radius 1 is 1.44 bits per heavy atom. The summed E-state index contributed by atoms with van der Waals surface area (Å²) in [6, 6.07) is 4.08. The molecule has 1 atom stereocenters. The van der Waals surface area contributed by atoms with E-state index in [4.69, 9.17) is 0 Å². The van der Waals surface area contributed by atoms with Gasteiger partial charge in [0.1, 0.15) is 0 Å². The van der Waals surface area contributed by atoms with Gasteiger partial charge < -0.3 is 5.11 Å². The zero-order chi connectivity index (χ0) is 18.8. The van der Waals surface area contributed by atoms with Crippen molar-refractivity contribution in [2.24, 2.45) is 0 Å². The summed E-state index contributed by atoms with van der Waals surface area (Å²) in [6.07, 6.45) is -3.24. The van der Waals surface area contributed by atoms with Gasteiger partial charge in [-0.2, -0.15) is 13.2 Å². The molecule has 25 heavy (non-hydrogen) atoms. The molecule has 0 radical (unpaired) electrons. The molecule has 1 unspecified atom stereocenters. The van der Waals surface area contributed by atoms with E-state index in [0.29, 0.717) is 12.8 Å². The van der Waals surface area contributed by atoms with Crippen LogP contribution in [0.15, 0.2) is 36.0 Å². The number of carbonyl (C=O) groups is 1. The molecular weight excluding hydrogens is 343 g/mol. The number of unbranched alkanes of at least 4 members (excludes halogenated alkanes) is 1. The van der Waals surface area contributed by atoms with Crippen molar-refractivity contribution in [3.63, 3.8) is 0 Å². The van der Waals surface area contributed by atoms with E-state index in [9.17, 15) is 33.2 Å². The first-order valence-electron chi connectivity index (χ1n) is 7.44. The van der Waals surface area contributed by atoms with Crippen LogP contribution in [0, 0.1) is 10.1 Å². The SMILES string of the molecule is CCCC=C1CC(O)(C(F)(F)F)N(C(=O)c2ccc([N+](=O)[O-])cc2)N1. The van der Waals surface area contributed by atoms with Gasteiger partial charge in [-0.3, -0.25) is 20.3 Å². The number of aliphatic hydroxyl groups is 1. The Hall–Kier alpha value is -2.62. The first kappa shape index (κ1) is 18.7. The molecule has 1 aliphatic heterocycles. The van der Waals surface area contributed by atoms with Crippen LogP contribution >= 0.6 is 0 Å². The second-order valence-corrected chi connectivity index (χ2v) is 5.57. The lowest BCUT2D eigenvalue weighted by molar-refractivity contribution is -0.384. The number of nitrogens with zero attached hydrogens (tertiary/aromatic N) is 2. The van der Waals surface area contributed by atoms with Gasteiger partial charge in [-0.05, 0) is 18.6 Å². The fourth-order valence-corrected chi connectivity index (χ4v) is 2.36. The van der Waals surface area contributed by atoms with Crippen molar-refractivity contribution in [1.82, 2.24) is 10.4 Å². The molecule has 0 bridgehead atoms. The van der Waals surface area contributed by atoms with Gasteiger partial charge in [0.05, 0.1) is 4.92 Å². The largest absolute Gasteiger partial charge is 0.438 e. The molecule has 1 saturated heterocycles. The van der Waals surface area contributed by atoms with E-state index in [0.717, 1.165) is 24.3 Å². The summed E-state index contributed by atoms with van der Waals surface area (Å²) in [4.78, 5) is 22.3. The Kier molecular flexibility index (Phi) is 5.02. The minimum atomic E-state index is -5.09. The number of carbonyl (C=O) groups excluding carboxylic acids is 1. The highest BCUT2D eigenvalue weighted by Crippen LogP contribution is 2.41. The van der Waals surface area contributed by atoms with Gasteiger partial charge in [0.15, 0.2) is 0 Å². The summed E-state index contributed by atoms with van der Waals surface area (Å²) in [5.41, 5.74) is -1.55. The van der Waals surface area contributed by atoms with Crippen molar-refractivity contribution < 1.29 is 28.0 Å². The summed E-state index contributed by atoms with van der Waals surface area (Å²) in [5, 5.41) is 20.8. The lowest BCUT2D eigenvalue weighted by Gasteiger charge is -2.33. The molecule has 7 nitrogen and oxygen atoms in total. The van der Waals surface area contributed by atoms with Crippen molar-refractivity contribution in [3.05, 3.63) is 51.7 Å². The number of hydrazine groups is 1. The molecule has 1 heterocycles. The Balaban J connectivity index is 2.35. The number of non-ortho nitro benzene ring substituents is 1. The highest BCUT2D eigenvalue weighted by atomic mass is 19.4. The van der Waals surface area contributed by atoms with Gasteiger partial charge in [-0.1, -0.05) is 19.4 Å². The number of alkyl halides is 3. The van der Waals surface area contributed by atoms with Crippen molar-refractivity contribution in [1.29, 1.82) is 0 Å². The molecule has 1 fully saturated rings. The van der Waals surface area contributed by atoms with Crippen LogP contribution in [-0.2, 0) is 0 Å². The monoisotopic (exact) mass is 359 g/mol. The average Bonchev–Trinajstić information content (AvgIpc) is 2.90. The van der Waals surface area contributed by atoms with Gasteiger partial charge in [-0.25, -0.2) is 5.01 Å². The Morgan fingerprint density at radius 2 is 2.04 bits per heavy atom. The van der Waals surface area contributed by atoms with Crippen LogP contribution in [0.3, 0.4) is 0 Å². The van der Waals surface area contributed by atoms with E-state index in [2.05, 4.69) is 5.43 Å². The van der Waals surface area contributed by atoms with E-state index in [1.165, 1.54) is 6.08 Å². The third-order valence-corrected chi connectivity index (χ3v) is 3.72. The number of benzene rings is 1. The number of nitro groups is 1. The van der Waals surface area contributed by atoms with Crippen molar-refractivity contribution >= 4 is 11.6 Å². The lowest BCUT2D eigenvalue weighted by atomic mass is 10.1. The fraction of sp³-hybridized carbons (Fsp3) is 0.400. The maximum absolute atomic E-state index is 13.3. The van der Waals surface area contributed by atoms with Crippen LogP contribution in [0.2, 0.25) is 0 Å². The Labute approximate surface area is 140 Å². The molecule has 0 aromatic heterocycles. The molecule has 1 aliphatic rings. The number of amides is 1. The highest BCUT2D eigenvalue weighted by Gasteiger charge is 2.63. The first-order chi connectivity index (χ1) is 11.6. The number of hydrogen-bond acceptors (Lipinski definition) is 5. The molecule has 0 saturated carbocycles. The van der Waals surface area contributed by atoms with Crippen molar-refractivity contribution in [3.8, 4) is 0 Å². The van der Waals surface area contributed by atoms with E-state index >= 15 is 0 Å². The average molecular weight is 359 g/mol. The van der Waals surface area contributed by atoms with Gasteiger partial charge in [0.2, 0.25) is 0 Å². The topological polar surface area (TPSA) is 95.7 Å². The van der Waals surface area contributed by atoms with Gasteiger partial charge in [0.25, 0.3) is 17.3 Å². The molecule has 0 aliphatic carbocycles. The zero-order valence-electron chi connectivity index (χ0n) is 13.2. The smallest absolute Gasteiger partial charge is 0.362 e. The second kappa shape index (κ2) is 6.71. The van der Waals surface area contributed by atoms with Crippen LogP contribution in [0.4, 0.5) is 18.9 Å². The molecule has 1 amide bonds. The predicted molar refractivity (Wildman–Crippen MR) is 81.0 cm³/mol. The van der Waals surface area contributed by atoms with E-state index in [1.807, 2.05) is 6.92 Å². The van der Waals surface area contributed by atoms with Gasteiger partial charge in [0, 0.05) is 29.8 Å². The van der Waals surface area contributed by atoms with E-state index in [-0.39, 0.29) is 22.0 Å². The summed E-state index contributed by atoms with van der Waals surface area (Å²) in [6.45, 7) is 1.84. The normalized spacial score (nSPS) is 22.1. The van der Waals surface area contributed by atoms with E-state index in [1.54, 1.807) is 0 Å². The van der Waals surface area contributed by atoms with Crippen molar-refractivity contribution in [2.75, 3.05) is 0 Å². The standard InChI is InChI=1S/C15H16F3N3O4/c1-2-3-4-11-9-14(23,15(16,17)18)20(19-11)13(22)10-5-7-12(8-6-10)21(24)25/h4-8,19,23H,2-3,9H2,1H3. The quantitative estimate of drug-likeness (QED) is 0.637. The van der Waals surface area contributed by atoms with Crippen LogP contribution in [-0.4, -0.2) is 32.8 Å². The Bertz CT molecular complexity index is 703. The van der Waals surface area contributed by atoms with Crippen LogP contribution in [0.5, 0.6) is 0 Å². The molecule has 136 valence electrons. The highest BCUT2D eigenvalue weighted by molar-refractivity contribution is 5.95. The number of halogens is 3. The van der Waals surface area contributed by atoms with Gasteiger partial charge in [-0.15, -0.1) is 0 Å². The summed E-state index contributed by atoms with van der Waals surface area (Å²) >= 11 is 0. The van der Waals surface area contributed by atoms with Crippen LogP contribution in [0.25, 0.3) is 0 Å². The molecule has 1 aromatic rings. The maximum atomic E-state index is 13.3. The summed E-state index contributed by atoms with van der Waals surface area (Å²) in [5.74, 6) is -1.14. The molecule has 0 spiro atoms. The molecule has 2 N–H and O–H groups in total. The van der Waals surface area contributed by atoms with Crippen LogP contribution in [0.1, 0.15) is 36.5 Å². The number of nitrogens with one attached hydrogen (secondary N) is 1. The number of allylic oxidation sites excluding steroid dienone is 1. The third-order valence-electron chi connectivity index (χ3n) is 3.72. The summed E-state index contributed by atoms with van der Waals surface area (Å²) < 4.78 is 40.0. The molecule has 2 rings (SSSR count). The van der Waals surface area contributed by atoms with Crippen LogP contribution < -0.4 is 5.43 Å². The second-order valence-electron chi connectivity index (χ2n) is 5.57. The maximum Gasteiger partial charge on any atom is 0.438 e. The third kappa shape index (κ3) is 3.58. The number of hydrogen-bond donors (Lipinski definition) is 2. The molecular formula is C15H16F3N3O4. The predicted octanol–water partition coefficient (Wildman–Crippen LogP) is 2.88. The number of nitro benzene ring substituents is 1. The lowest BCUT2D eigenvalue weighted by Crippen LogP contribution is -2.59. The van der Waals surface area contributed by atoms with Crippen molar-refractivity contribution in [2.45, 2.75) is 38.1 Å². The molecule has 1 aromatic carbocycles. The summed E-state index contributed by atoms with van der Waals surface area (Å²) in [7, 11) is 0. The Morgan fingerprint density at radius 3 is 2.52 bits per heavy atom. The number of rotatable bonds is 4. The van der Waals surface area contributed by atoms with Gasteiger partial charge >= 0.3 is 6.18 Å². The fourth-order valence-electron chi connectivity index (χ4n) is 2.36. The zero-order valence-corrected chi connectivity index (χ0v) is 13.2.